The molecule has 0 aliphatic carbocycles. The number of ether oxygens (including phenoxy) is 3. The number of methoxy groups -OCH3 is 1. The first-order valence-electron chi connectivity index (χ1n) is 7.52. The van der Waals surface area contributed by atoms with Gasteiger partial charge in [0, 0.05) is 11.1 Å². The predicted molar refractivity (Wildman–Crippen MR) is 82.2 cm³/mol. The SMILES string of the molecule is CCOC(=O)[C@@H]1Oc2ccccc2[C@H]1c1ccc(F)c(F)c1OC. The highest BCUT2D eigenvalue weighted by Crippen LogP contribution is 2.46. The Morgan fingerprint density at radius 1 is 1.17 bits per heavy atom. The lowest BCUT2D eigenvalue weighted by Gasteiger charge is -2.20. The minimum atomic E-state index is -1.10. The molecule has 0 saturated carbocycles. The minimum absolute atomic E-state index is 0.191. The van der Waals surface area contributed by atoms with E-state index in [1.54, 1.807) is 31.2 Å². The van der Waals surface area contributed by atoms with Crippen LogP contribution in [-0.4, -0.2) is 25.8 Å². The van der Waals surface area contributed by atoms with E-state index in [9.17, 15) is 13.6 Å². The first-order valence-corrected chi connectivity index (χ1v) is 7.52. The number of fused-ring (bicyclic) bond motifs is 1. The Bertz CT molecular complexity index is 776. The number of carbonyl (C=O) groups excluding carboxylic acids is 1. The maximum Gasteiger partial charge on any atom is 0.348 e. The highest BCUT2D eigenvalue weighted by Gasteiger charge is 2.43. The average molecular weight is 334 g/mol. The summed E-state index contributed by atoms with van der Waals surface area (Å²) in [4.78, 5) is 12.3. The molecule has 3 rings (SSSR count). The van der Waals surface area contributed by atoms with Crippen molar-refractivity contribution < 1.29 is 27.8 Å². The average Bonchev–Trinajstić information content (AvgIpc) is 2.97. The number of hydrogen-bond acceptors (Lipinski definition) is 4. The molecule has 0 radical (unpaired) electrons. The number of hydrogen-bond donors (Lipinski definition) is 0. The van der Waals surface area contributed by atoms with Crippen LogP contribution in [0.5, 0.6) is 11.5 Å². The van der Waals surface area contributed by atoms with Crippen molar-refractivity contribution in [2.24, 2.45) is 0 Å². The summed E-state index contributed by atoms with van der Waals surface area (Å²) in [5.74, 6) is -3.06. The number of rotatable bonds is 4. The van der Waals surface area contributed by atoms with Gasteiger partial charge in [0.25, 0.3) is 0 Å². The second kappa shape index (κ2) is 6.47. The van der Waals surface area contributed by atoms with Crippen molar-refractivity contribution in [1.82, 2.24) is 0 Å². The van der Waals surface area contributed by atoms with E-state index in [1.807, 2.05) is 0 Å². The van der Waals surface area contributed by atoms with Crippen LogP contribution in [0.25, 0.3) is 0 Å². The normalized spacial score (nSPS) is 18.7. The van der Waals surface area contributed by atoms with Gasteiger partial charge >= 0.3 is 5.97 Å². The van der Waals surface area contributed by atoms with Gasteiger partial charge in [0.1, 0.15) is 5.75 Å². The van der Waals surface area contributed by atoms with Crippen LogP contribution in [0.15, 0.2) is 36.4 Å². The van der Waals surface area contributed by atoms with Crippen LogP contribution < -0.4 is 9.47 Å². The van der Waals surface area contributed by atoms with Gasteiger partial charge in [0.2, 0.25) is 11.9 Å². The molecule has 24 heavy (non-hydrogen) atoms. The lowest BCUT2D eigenvalue weighted by molar-refractivity contribution is -0.151. The van der Waals surface area contributed by atoms with Crippen molar-refractivity contribution >= 4 is 5.97 Å². The summed E-state index contributed by atoms with van der Waals surface area (Å²) in [6, 6.07) is 9.46. The molecule has 0 aromatic heterocycles. The van der Waals surface area contributed by atoms with Gasteiger partial charge in [0.05, 0.1) is 19.6 Å². The van der Waals surface area contributed by atoms with Gasteiger partial charge in [-0.1, -0.05) is 24.3 Å². The van der Waals surface area contributed by atoms with E-state index >= 15 is 0 Å². The predicted octanol–water partition coefficient (Wildman–Crippen LogP) is 3.43. The quantitative estimate of drug-likeness (QED) is 0.804. The Labute approximate surface area is 138 Å². The Morgan fingerprint density at radius 2 is 1.92 bits per heavy atom. The molecule has 4 nitrogen and oxygen atoms in total. The summed E-state index contributed by atoms with van der Waals surface area (Å²) >= 11 is 0. The molecule has 0 spiro atoms. The molecule has 0 amide bonds. The number of carbonyl (C=O) groups is 1. The second-order valence-corrected chi connectivity index (χ2v) is 5.29. The molecule has 0 bridgehead atoms. The van der Waals surface area contributed by atoms with Crippen LogP contribution in [0.3, 0.4) is 0 Å². The lowest BCUT2D eigenvalue weighted by Crippen LogP contribution is -2.32. The Balaban J connectivity index is 2.15. The van der Waals surface area contributed by atoms with Gasteiger partial charge in [-0.2, -0.15) is 4.39 Å². The van der Waals surface area contributed by atoms with Crippen molar-refractivity contribution in [2.75, 3.05) is 13.7 Å². The molecule has 2 atom stereocenters. The highest BCUT2D eigenvalue weighted by molar-refractivity contribution is 5.79. The van der Waals surface area contributed by atoms with Crippen LogP contribution in [0, 0.1) is 11.6 Å². The van der Waals surface area contributed by atoms with Crippen molar-refractivity contribution in [2.45, 2.75) is 18.9 Å². The zero-order chi connectivity index (χ0) is 17.3. The zero-order valence-corrected chi connectivity index (χ0v) is 13.2. The topological polar surface area (TPSA) is 44.8 Å². The van der Waals surface area contributed by atoms with E-state index in [4.69, 9.17) is 14.2 Å². The van der Waals surface area contributed by atoms with Crippen LogP contribution in [0.1, 0.15) is 24.0 Å². The molecule has 6 heteroatoms. The number of benzene rings is 2. The largest absolute Gasteiger partial charge is 0.493 e. The van der Waals surface area contributed by atoms with E-state index in [2.05, 4.69) is 0 Å². The Morgan fingerprint density at radius 3 is 2.62 bits per heavy atom. The fourth-order valence-corrected chi connectivity index (χ4v) is 2.95. The molecule has 0 unspecified atom stereocenters. The van der Waals surface area contributed by atoms with Gasteiger partial charge in [0.15, 0.2) is 11.6 Å². The van der Waals surface area contributed by atoms with E-state index in [1.165, 1.54) is 13.2 Å². The molecule has 2 aromatic rings. The third kappa shape index (κ3) is 2.58. The summed E-state index contributed by atoms with van der Waals surface area (Å²) in [5, 5.41) is 0. The second-order valence-electron chi connectivity index (χ2n) is 5.29. The van der Waals surface area contributed by atoms with Crippen LogP contribution in [0.4, 0.5) is 8.78 Å². The van der Waals surface area contributed by atoms with Crippen LogP contribution in [0.2, 0.25) is 0 Å². The van der Waals surface area contributed by atoms with Crippen molar-refractivity contribution in [3.8, 4) is 11.5 Å². The van der Waals surface area contributed by atoms with Gasteiger partial charge in [-0.3, -0.25) is 0 Å². The van der Waals surface area contributed by atoms with Gasteiger partial charge in [-0.15, -0.1) is 0 Å². The number of esters is 1. The molecular formula is C18H16F2O4. The van der Waals surface area contributed by atoms with E-state index < -0.39 is 29.6 Å². The summed E-state index contributed by atoms with van der Waals surface area (Å²) in [6.07, 6.45) is -0.985. The lowest BCUT2D eigenvalue weighted by atomic mass is 9.87. The van der Waals surface area contributed by atoms with Crippen molar-refractivity contribution in [3.63, 3.8) is 0 Å². The summed E-state index contributed by atoms with van der Waals surface area (Å²) in [6.45, 7) is 1.88. The van der Waals surface area contributed by atoms with Gasteiger partial charge < -0.3 is 14.2 Å². The van der Waals surface area contributed by atoms with E-state index in [-0.39, 0.29) is 12.4 Å². The fourth-order valence-electron chi connectivity index (χ4n) is 2.95. The monoisotopic (exact) mass is 334 g/mol. The molecule has 126 valence electrons. The first kappa shape index (κ1) is 16.2. The summed E-state index contributed by atoms with van der Waals surface area (Å²) in [7, 11) is 1.25. The van der Waals surface area contributed by atoms with Crippen molar-refractivity contribution in [1.29, 1.82) is 0 Å². The van der Waals surface area contributed by atoms with Crippen LogP contribution >= 0.6 is 0 Å². The molecule has 0 fully saturated rings. The maximum atomic E-state index is 14.1. The minimum Gasteiger partial charge on any atom is -0.493 e. The third-order valence-electron chi connectivity index (χ3n) is 3.95. The summed E-state index contributed by atoms with van der Waals surface area (Å²) < 4.78 is 43.5. The number of halogens is 2. The smallest absolute Gasteiger partial charge is 0.348 e. The Hall–Kier alpha value is -2.63. The molecule has 1 aliphatic heterocycles. The summed E-state index contributed by atoms with van der Waals surface area (Å²) in [5.41, 5.74) is 1.03. The molecule has 0 N–H and O–H groups in total. The fraction of sp³-hybridized carbons (Fsp3) is 0.278. The van der Waals surface area contributed by atoms with Gasteiger partial charge in [-0.25, -0.2) is 9.18 Å². The zero-order valence-electron chi connectivity index (χ0n) is 13.2. The standard InChI is InChI=1S/C18H16F2O4/c1-3-23-18(21)17-14(10-6-4-5-7-13(10)24-17)11-8-9-12(19)15(20)16(11)22-2/h4-9,14,17H,3H2,1-2H3/t14-,17+/m0/s1. The third-order valence-corrected chi connectivity index (χ3v) is 3.95. The van der Waals surface area contributed by atoms with Crippen LogP contribution in [-0.2, 0) is 9.53 Å². The molecule has 1 aliphatic rings. The molecular weight excluding hydrogens is 318 g/mol. The first-order chi connectivity index (χ1) is 11.6. The Kier molecular flexibility index (Phi) is 4.38. The van der Waals surface area contributed by atoms with E-state index in [0.717, 1.165) is 6.07 Å². The molecule has 1 heterocycles. The maximum absolute atomic E-state index is 14.1. The molecule has 0 saturated heterocycles. The van der Waals surface area contributed by atoms with Gasteiger partial charge in [-0.05, 0) is 19.1 Å². The highest BCUT2D eigenvalue weighted by atomic mass is 19.2. The van der Waals surface area contributed by atoms with E-state index in [0.29, 0.717) is 16.9 Å². The van der Waals surface area contributed by atoms with Crippen molar-refractivity contribution in [3.05, 3.63) is 59.2 Å². The number of para-hydroxylation sites is 1. The molecule has 2 aromatic carbocycles.